The van der Waals surface area contributed by atoms with Crippen LogP contribution in [0.4, 0.5) is 0 Å². The molecular formula is C23H42IN5O. The first-order valence-electron chi connectivity index (χ1n) is 11.2. The van der Waals surface area contributed by atoms with Crippen LogP contribution in [0, 0.1) is 0 Å². The van der Waals surface area contributed by atoms with Crippen molar-refractivity contribution in [1.82, 2.24) is 20.4 Å². The largest absolute Gasteiger partial charge is 0.497 e. The van der Waals surface area contributed by atoms with Crippen molar-refractivity contribution in [3.05, 3.63) is 29.8 Å². The molecule has 0 saturated carbocycles. The highest BCUT2D eigenvalue weighted by atomic mass is 127. The van der Waals surface area contributed by atoms with E-state index in [-0.39, 0.29) is 24.0 Å². The van der Waals surface area contributed by atoms with Gasteiger partial charge < -0.3 is 25.2 Å². The fraction of sp³-hybridized carbons (Fsp3) is 0.696. The first-order chi connectivity index (χ1) is 14.1. The van der Waals surface area contributed by atoms with Crippen molar-refractivity contribution in [2.24, 2.45) is 4.99 Å². The van der Waals surface area contributed by atoms with Crippen LogP contribution in [0.2, 0.25) is 0 Å². The molecule has 0 bridgehead atoms. The summed E-state index contributed by atoms with van der Waals surface area (Å²) in [6, 6.07) is 8.38. The number of hydrogen-bond acceptors (Lipinski definition) is 4. The second kappa shape index (κ2) is 15.7. The van der Waals surface area contributed by atoms with E-state index in [0.717, 1.165) is 44.2 Å². The number of benzene rings is 1. The minimum atomic E-state index is 0. The van der Waals surface area contributed by atoms with Crippen LogP contribution < -0.4 is 15.4 Å². The molecule has 1 aliphatic rings. The van der Waals surface area contributed by atoms with E-state index in [1.807, 2.05) is 12.1 Å². The highest BCUT2D eigenvalue weighted by molar-refractivity contribution is 14.0. The lowest BCUT2D eigenvalue weighted by Crippen LogP contribution is -2.44. The van der Waals surface area contributed by atoms with Crippen LogP contribution in [0.5, 0.6) is 5.75 Å². The number of ether oxygens (including phenoxy) is 1. The molecule has 1 heterocycles. The van der Waals surface area contributed by atoms with E-state index in [4.69, 9.17) is 9.73 Å². The number of aliphatic imine (C=N–C) groups is 1. The summed E-state index contributed by atoms with van der Waals surface area (Å²) in [5, 5.41) is 6.85. The summed E-state index contributed by atoms with van der Waals surface area (Å²) in [6.07, 6.45) is 3.44. The third kappa shape index (κ3) is 10.3. The lowest BCUT2D eigenvalue weighted by atomic mass is 9.98. The normalized spacial score (nSPS) is 16.6. The predicted molar refractivity (Wildman–Crippen MR) is 139 cm³/mol. The van der Waals surface area contributed by atoms with Gasteiger partial charge in [-0.15, -0.1) is 24.0 Å². The minimum Gasteiger partial charge on any atom is -0.497 e. The Kier molecular flexibility index (Phi) is 14.1. The minimum absolute atomic E-state index is 0. The van der Waals surface area contributed by atoms with Crippen molar-refractivity contribution in [2.45, 2.75) is 39.0 Å². The third-order valence-electron chi connectivity index (χ3n) is 5.65. The number of halogens is 1. The monoisotopic (exact) mass is 531 g/mol. The zero-order valence-electron chi connectivity index (χ0n) is 19.3. The summed E-state index contributed by atoms with van der Waals surface area (Å²) in [4.78, 5) is 9.74. The molecule has 2 N–H and O–H groups in total. The second-order valence-electron chi connectivity index (χ2n) is 8.00. The van der Waals surface area contributed by atoms with Gasteiger partial charge in [0.05, 0.1) is 7.11 Å². The molecule has 0 radical (unpaired) electrons. The molecule has 2 rings (SSSR count). The molecule has 172 valence electrons. The molecule has 30 heavy (non-hydrogen) atoms. The van der Waals surface area contributed by atoms with Gasteiger partial charge in [-0.25, -0.2) is 0 Å². The molecule has 6 nitrogen and oxygen atoms in total. The number of nitrogens with one attached hydrogen (secondary N) is 2. The molecule has 1 saturated heterocycles. The number of nitrogens with zero attached hydrogens (tertiary/aromatic N) is 3. The Hall–Kier alpha value is -1.06. The summed E-state index contributed by atoms with van der Waals surface area (Å²) < 4.78 is 5.24. The van der Waals surface area contributed by atoms with Crippen LogP contribution in [0.3, 0.4) is 0 Å². The molecule has 1 fully saturated rings. The molecular weight excluding hydrogens is 489 g/mol. The van der Waals surface area contributed by atoms with E-state index < -0.39 is 0 Å². The molecule has 1 atom stereocenters. The summed E-state index contributed by atoms with van der Waals surface area (Å²) in [5.74, 6) is 2.35. The number of hydrogen-bond donors (Lipinski definition) is 2. The highest BCUT2D eigenvalue weighted by Crippen LogP contribution is 2.21. The van der Waals surface area contributed by atoms with Gasteiger partial charge in [-0.05, 0) is 63.4 Å². The van der Waals surface area contributed by atoms with Crippen molar-refractivity contribution in [2.75, 3.05) is 66.5 Å². The SMILES string of the molecule is CCNC(=NCCCCN1CCN(C)CC1)NCCC(C)c1ccc(OC)cc1.I. The van der Waals surface area contributed by atoms with Gasteiger partial charge in [0.2, 0.25) is 0 Å². The van der Waals surface area contributed by atoms with Crippen LogP contribution in [0.25, 0.3) is 0 Å². The highest BCUT2D eigenvalue weighted by Gasteiger charge is 2.12. The average molecular weight is 532 g/mol. The van der Waals surface area contributed by atoms with E-state index in [9.17, 15) is 0 Å². The summed E-state index contributed by atoms with van der Waals surface area (Å²) in [6.45, 7) is 13.1. The Morgan fingerprint density at radius 1 is 1.10 bits per heavy atom. The molecule has 1 aromatic carbocycles. The van der Waals surface area contributed by atoms with Crippen LogP contribution >= 0.6 is 24.0 Å². The Bertz CT molecular complexity index is 588. The summed E-state index contributed by atoms with van der Waals surface area (Å²) in [5.41, 5.74) is 1.35. The molecule has 1 aromatic rings. The van der Waals surface area contributed by atoms with Crippen LogP contribution in [-0.2, 0) is 0 Å². The van der Waals surface area contributed by atoms with Gasteiger partial charge in [0.15, 0.2) is 5.96 Å². The molecule has 1 aliphatic heterocycles. The van der Waals surface area contributed by atoms with Crippen LogP contribution in [-0.4, -0.2) is 82.3 Å². The Labute approximate surface area is 200 Å². The standard InChI is InChI=1S/C23H41N5O.HI/c1-5-24-23(25-13-6-7-15-28-18-16-27(3)17-19-28)26-14-12-20(2)21-8-10-22(29-4)11-9-21;/h8-11,20H,5-7,12-19H2,1-4H3,(H2,24,25,26);1H. The maximum atomic E-state index is 5.24. The van der Waals surface area contributed by atoms with Crippen molar-refractivity contribution in [3.63, 3.8) is 0 Å². The Morgan fingerprint density at radius 3 is 2.43 bits per heavy atom. The van der Waals surface area contributed by atoms with Gasteiger partial charge in [0.25, 0.3) is 0 Å². The molecule has 0 amide bonds. The molecule has 0 aliphatic carbocycles. The van der Waals surface area contributed by atoms with Gasteiger partial charge in [-0.2, -0.15) is 0 Å². The van der Waals surface area contributed by atoms with Crippen LogP contribution in [0.1, 0.15) is 44.6 Å². The molecule has 7 heteroatoms. The zero-order valence-corrected chi connectivity index (χ0v) is 21.7. The maximum Gasteiger partial charge on any atom is 0.191 e. The van der Waals surface area contributed by atoms with Gasteiger partial charge >= 0.3 is 0 Å². The van der Waals surface area contributed by atoms with Gasteiger partial charge in [-0.3, -0.25) is 4.99 Å². The summed E-state index contributed by atoms with van der Waals surface area (Å²) in [7, 11) is 3.91. The molecule has 1 unspecified atom stereocenters. The second-order valence-corrected chi connectivity index (χ2v) is 8.00. The zero-order chi connectivity index (χ0) is 20.9. The lowest BCUT2D eigenvalue weighted by molar-refractivity contribution is 0.152. The van der Waals surface area contributed by atoms with E-state index >= 15 is 0 Å². The van der Waals surface area contributed by atoms with Crippen LogP contribution in [0.15, 0.2) is 29.3 Å². The van der Waals surface area contributed by atoms with E-state index in [1.165, 1.54) is 44.7 Å². The van der Waals surface area contributed by atoms with Gasteiger partial charge in [0.1, 0.15) is 5.75 Å². The topological polar surface area (TPSA) is 52.1 Å². The van der Waals surface area contributed by atoms with Crippen molar-refractivity contribution in [3.8, 4) is 5.75 Å². The van der Waals surface area contributed by atoms with E-state index in [2.05, 4.69) is 53.5 Å². The number of methoxy groups -OCH3 is 1. The lowest BCUT2D eigenvalue weighted by Gasteiger charge is -2.32. The van der Waals surface area contributed by atoms with E-state index in [0.29, 0.717) is 5.92 Å². The number of rotatable bonds is 11. The van der Waals surface area contributed by atoms with Gasteiger partial charge in [0, 0.05) is 45.8 Å². The average Bonchev–Trinajstić information content (AvgIpc) is 2.74. The van der Waals surface area contributed by atoms with E-state index in [1.54, 1.807) is 7.11 Å². The van der Waals surface area contributed by atoms with Crippen molar-refractivity contribution < 1.29 is 4.74 Å². The Balaban J connectivity index is 0.00000450. The number of piperazine rings is 1. The Morgan fingerprint density at radius 2 is 1.80 bits per heavy atom. The maximum absolute atomic E-state index is 5.24. The first kappa shape index (κ1) is 27.0. The number of guanidine groups is 1. The molecule has 0 aromatic heterocycles. The van der Waals surface area contributed by atoms with Gasteiger partial charge in [-0.1, -0.05) is 19.1 Å². The van der Waals surface area contributed by atoms with Crippen molar-refractivity contribution >= 4 is 29.9 Å². The smallest absolute Gasteiger partial charge is 0.191 e. The fourth-order valence-corrected chi connectivity index (χ4v) is 3.56. The molecule has 0 spiro atoms. The third-order valence-corrected chi connectivity index (χ3v) is 5.65. The number of unbranched alkanes of at least 4 members (excludes halogenated alkanes) is 1. The number of likely N-dealkylation sites (N-methyl/N-ethyl adjacent to an activating group) is 1. The predicted octanol–water partition coefficient (Wildman–Crippen LogP) is 3.39. The summed E-state index contributed by atoms with van der Waals surface area (Å²) >= 11 is 0. The first-order valence-corrected chi connectivity index (χ1v) is 11.2. The fourth-order valence-electron chi connectivity index (χ4n) is 3.56. The van der Waals surface area contributed by atoms with Crippen molar-refractivity contribution in [1.29, 1.82) is 0 Å². The quantitative estimate of drug-likeness (QED) is 0.199.